The van der Waals surface area contributed by atoms with Gasteiger partial charge in [0.2, 0.25) is 0 Å². The van der Waals surface area contributed by atoms with Crippen LogP contribution in [0, 0.1) is 0 Å². The highest BCUT2D eigenvalue weighted by molar-refractivity contribution is 5.61. The molecule has 1 aliphatic carbocycles. The summed E-state index contributed by atoms with van der Waals surface area (Å²) in [6.07, 6.45) is -1.90. The molecule has 20 heavy (non-hydrogen) atoms. The minimum atomic E-state index is -4.36. The Morgan fingerprint density at radius 3 is 2.25 bits per heavy atom. The predicted octanol–water partition coefficient (Wildman–Crippen LogP) is 2.57. The van der Waals surface area contributed by atoms with Crippen LogP contribution in [0.2, 0.25) is 0 Å². The van der Waals surface area contributed by atoms with Crippen LogP contribution in [-0.4, -0.2) is 37.1 Å². The molecule has 0 atom stereocenters. The topological polar surface area (TPSA) is 32.5 Å². The lowest BCUT2D eigenvalue weighted by atomic mass is 10.1. The van der Waals surface area contributed by atoms with Gasteiger partial charge in [-0.25, -0.2) is 0 Å². The second-order valence-corrected chi connectivity index (χ2v) is 5.53. The summed E-state index contributed by atoms with van der Waals surface area (Å²) in [5, 5.41) is 0. The number of nitrogens with zero attached hydrogens (tertiary/aromatic N) is 2. The van der Waals surface area contributed by atoms with Gasteiger partial charge in [0.05, 0.1) is 5.56 Å². The van der Waals surface area contributed by atoms with Crippen LogP contribution in [0.5, 0.6) is 0 Å². The zero-order valence-electron chi connectivity index (χ0n) is 11.2. The van der Waals surface area contributed by atoms with Gasteiger partial charge in [-0.2, -0.15) is 13.2 Å². The van der Waals surface area contributed by atoms with Crippen LogP contribution in [0.1, 0.15) is 18.4 Å². The smallest absolute Gasteiger partial charge is 0.399 e. The molecule has 2 N–H and O–H groups in total. The number of hydrogen-bond acceptors (Lipinski definition) is 3. The first-order chi connectivity index (χ1) is 9.45. The maximum absolute atomic E-state index is 13.1. The van der Waals surface area contributed by atoms with E-state index < -0.39 is 11.7 Å². The number of alkyl halides is 3. The first kappa shape index (κ1) is 13.5. The SMILES string of the molecule is Nc1ccc(N2CCN(C3CC3)CC2)c(C(F)(F)F)c1. The van der Waals surface area contributed by atoms with Gasteiger partial charge in [-0.05, 0) is 31.0 Å². The molecular weight excluding hydrogens is 267 g/mol. The predicted molar refractivity (Wildman–Crippen MR) is 72.7 cm³/mol. The second kappa shape index (κ2) is 4.84. The third-order valence-corrected chi connectivity index (χ3v) is 4.04. The molecular formula is C14H18F3N3. The lowest BCUT2D eigenvalue weighted by molar-refractivity contribution is -0.137. The molecule has 1 heterocycles. The summed E-state index contributed by atoms with van der Waals surface area (Å²) < 4.78 is 39.3. The maximum Gasteiger partial charge on any atom is 0.418 e. The molecule has 110 valence electrons. The number of piperazine rings is 1. The molecule has 3 nitrogen and oxygen atoms in total. The highest BCUT2D eigenvalue weighted by atomic mass is 19.4. The standard InChI is InChI=1S/C14H18F3N3/c15-14(16,17)12-9-10(18)1-4-13(12)20-7-5-19(6-8-20)11-2-3-11/h1,4,9,11H,2-3,5-8,18H2. The van der Waals surface area contributed by atoms with E-state index in [9.17, 15) is 13.2 Å². The molecule has 6 heteroatoms. The largest absolute Gasteiger partial charge is 0.418 e. The fourth-order valence-electron chi connectivity index (χ4n) is 2.82. The van der Waals surface area contributed by atoms with Crippen LogP contribution in [0.4, 0.5) is 24.5 Å². The molecule has 2 aliphatic rings. The van der Waals surface area contributed by atoms with E-state index in [1.54, 1.807) is 0 Å². The lowest BCUT2D eigenvalue weighted by Gasteiger charge is -2.37. The Balaban J connectivity index is 1.80. The summed E-state index contributed by atoms with van der Waals surface area (Å²) in [5.41, 5.74) is 5.27. The van der Waals surface area contributed by atoms with E-state index in [2.05, 4.69) is 4.90 Å². The Bertz CT molecular complexity index is 489. The average Bonchev–Trinajstić information content (AvgIpc) is 3.22. The Hall–Kier alpha value is -1.43. The Kier molecular flexibility index (Phi) is 3.28. The fourth-order valence-corrected chi connectivity index (χ4v) is 2.82. The number of nitrogens with two attached hydrogens (primary N) is 1. The first-order valence-corrected chi connectivity index (χ1v) is 6.91. The molecule has 0 amide bonds. The Morgan fingerprint density at radius 2 is 1.70 bits per heavy atom. The van der Waals surface area contributed by atoms with Crippen molar-refractivity contribution in [1.29, 1.82) is 0 Å². The van der Waals surface area contributed by atoms with E-state index in [1.165, 1.54) is 25.0 Å². The van der Waals surface area contributed by atoms with Crippen LogP contribution >= 0.6 is 0 Å². The molecule has 0 aromatic heterocycles. The van der Waals surface area contributed by atoms with Crippen molar-refractivity contribution < 1.29 is 13.2 Å². The molecule has 1 aromatic carbocycles. The normalized spacial score (nSPS) is 21.2. The number of nitrogen functional groups attached to an aromatic ring is 1. The third kappa shape index (κ3) is 2.70. The van der Waals surface area contributed by atoms with E-state index in [-0.39, 0.29) is 11.4 Å². The average molecular weight is 285 g/mol. The highest BCUT2D eigenvalue weighted by Gasteiger charge is 2.37. The summed E-state index contributed by atoms with van der Waals surface area (Å²) in [5.74, 6) is 0. The molecule has 3 rings (SSSR count). The number of halogens is 3. The van der Waals surface area contributed by atoms with Crippen LogP contribution < -0.4 is 10.6 Å². The van der Waals surface area contributed by atoms with Gasteiger partial charge in [0, 0.05) is 43.6 Å². The van der Waals surface area contributed by atoms with Gasteiger partial charge in [-0.1, -0.05) is 0 Å². The quantitative estimate of drug-likeness (QED) is 0.848. The molecule has 1 saturated carbocycles. The van der Waals surface area contributed by atoms with Crippen LogP contribution in [0.3, 0.4) is 0 Å². The molecule has 0 radical (unpaired) electrons. The van der Waals surface area contributed by atoms with Gasteiger partial charge in [-0.3, -0.25) is 4.90 Å². The first-order valence-electron chi connectivity index (χ1n) is 6.91. The molecule has 1 saturated heterocycles. The van der Waals surface area contributed by atoms with Crippen LogP contribution in [0.25, 0.3) is 0 Å². The van der Waals surface area contributed by atoms with Gasteiger partial charge in [0.25, 0.3) is 0 Å². The number of rotatable bonds is 2. The molecule has 0 bridgehead atoms. The van der Waals surface area contributed by atoms with E-state index in [0.717, 1.165) is 19.2 Å². The van der Waals surface area contributed by atoms with Gasteiger partial charge >= 0.3 is 6.18 Å². The fraction of sp³-hybridized carbons (Fsp3) is 0.571. The van der Waals surface area contributed by atoms with E-state index in [1.807, 2.05) is 4.90 Å². The number of anilines is 2. The maximum atomic E-state index is 13.1. The van der Waals surface area contributed by atoms with Gasteiger partial charge in [0.1, 0.15) is 0 Å². The monoisotopic (exact) mass is 285 g/mol. The number of hydrogen-bond donors (Lipinski definition) is 1. The van der Waals surface area contributed by atoms with Crippen LogP contribution in [0.15, 0.2) is 18.2 Å². The lowest BCUT2D eigenvalue weighted by Crippen LogP contribution is -2.47. The van der Waals surface area contributed by atoms with E-state index in [4.69, 9.17) is 5.73 Å². The molecule has 1 aliphatic heterocycles. The summed E-state index contributed by atoms with van der Waals surface area (Å²) in [7, 11) is 0. The molecule has 2 fully saturated rings. The van der Waals surface area contributed by atoms with Crippen molar-refractivity contribution in [3.63, 3.8) is 0 Å². The summed E-state index contributed by atoms with van der Waals surface area (Å²) >= 11 is 0. The van der Waals surface area contributed by atoms with Crippen molar-refractivity contribution in [1.82, 2.24) is 4.90 Å². The van der Waals surface area contributed by atoms with Crippen LogP contribution in [-0.2, 0) is 6.18 Å². The summed E-state index contributed by atoms with van der Waals surface area (Å²) in [6, 6.07) is 4.73. The third-order valence-electron chi connectivity index (χ3n) is 4.04. The highest BCUT2D eigenvalue weighted by Crippen LogP contribution is 2.38. The van der Waals surface area contributed by atoms with E-state index >= 15 is 0 Å². The van der Waals surface area contributed by atoms with Crippen molar-refractivity contribution in [3.8, 4) is 0 Å². The van der Waals surface area contributed by atoms with Crippen molar-refractivity contribution in [2.75, 3.05) is 36.8 Å². The van der Waals surface area contributed by atoms with E-state index in [0.29, 0.717) is 19.1 Å². The zero-order chi connectivity index (χ0) is 14.3. The van der Waals surface area contributed by atoms with Crippen molar-refractivity contribution in [3.05, 3.63) is 23.8 Å². The second-order valence-electron chi connectivity index (χ2n) is 5.53. The number of benzene rings is 1. The molecule has 1 aromatic rings. The van der Waals surface area contributed by atoms with Gasteiger partial charge < -0.3 is 10.6 Å². The Morgan fingerprint density at radius 1 is 1.05 bits per heavy atom. The van der Waals surface area contributed by atoms with Gasteiger partial charge in [0.15, 0.2) is 0 Å². The minimum Gasteiger partial charge on any atom is -0.399 e. The summed E-state index contributed by atoms with van der Waals surface area (Å²) in [4.78, 5) is 4.20. The van der Waals surface area contributed by atoms with Gasteiger partial charge in [-0.15, -0.1) is 0 Å². The zero-order valence-corrected chi connectivity index (χ0v) is 11.2. The van der Waals surface area contributed by atoms with Crippen molar-refractivity contribution in [2.45, 2.75) is 25.1 Å². The van der Waals surface area contributed by atoms with Crippen molar-refractivity contribution in [2.24, 2.45) is 0 Å². The molecule has 0 unspecified atom stereocenters. The van der Waals surface area contributed by atoms with Crippen molar-refractivity contribution >= 4 is 11.4 Å². The Labute approximate surface area is 116 Å². The minimum absolute atomic E-state index is 0.151. The molecule has 0 spiro atoms. The summed E-state index contributed by atoms with van der Waals surface area (Å²) in [6.45, 7) is 2.96.